The molecule has 1 atom stereocenters. The molecule has 0 radical (unpaired) electrons. The first-order valence-corrected chi connectivity index (χ1v) is 12.0. The molecule has 192 valence electrons. The summed E-state index contributed by atoms with van der Waals surface area (Å²) in [6.07, 6.45) is 3.76. The van der Waals surface area contributed by atoms with Gasteiger partial charge >= 0.3 is 6.09 Å². The van der Waals surface area contributed by atoms with E-state index in [4.69, 9.17) is 9.47 Å². The average molecular weight is 496 g/mol. The van der Waals surface area contributed by atoms with Crippen molar-refractivity contribution < 1.29 is 19.1 Å². The minimum Gasteiger partial charge on any atom is -0.477 e. The Labute approximate surface area is 210 Å². The lowest BCUT2D eigenvalue weighted by Gasteiger charge is -2.28. The summed E-state index contributed by atoms with van der Waals surface area (Å²) in [5.41, 5.74) is 1.17. The molecule has 0 unspecified atom stereocenters. The van der Waals surface area contributed by atoms with Gasteiger partial charge in [-0.05, 0) is 52.3 Å². The van der Waals surface area contributed by atoms with E-state index in [0.29, 0.717) is 31.3 Å². The quantitative estimate of drug-likeness (QED) is 0.553. The first kappa shape index (κ1) is 25.2. The number of benzene rings is 1. The number of ether oxygens (including phenoxy) is 2. The highest BCUT2D eigenvalue weighted by atomic mass is 16.6. The van der Waals surface area contributed by atoms with Crippen molar-refractivity contribution in [1.29, 1.82) is 0 Å². The van der Waals surface area contributed by atoms with Crippen LogP contribution in [0.3, 0.4) is 0 Å². The maximum atomic E-state index is 13.1. The molecule has 0 aliphatic carbocycles. The summed E-state index contributed by atoms with van der Waals surface area (Å²) in [6, 6.07) is 5.48. The van der Waals surface area contributed by atoms with Crippen LogP contribution in [0, 0.1) is 0 Å². The Morgan fingerprint density at radius 2 is 2.06 bits per heavy atom. The summed E-state index contributed by atoms with van der Waals surface area (Å²) >= 11 is 0. The number of carbonyl (C=O) groups excluding carboxylic acids is 2. The molecule has 0 saturated carbocycles. The monoisotopic (exact) mass is 495 g/mol. The summed E-state index contributed by atoms with van der Waals surface area (Å²) in [7, 11) is 3.59. The molecule has 1 aromatic carbocycles. The van der Waals surface area contributed by atoms with E-state index in [0.717, 1.165) is 17.3 Å². The van der Waals surface area contributed by atoms with E-state index in [1.807, 2.05) is 58.0 Å². The fourth-order valence-electron chi connectivity index (χ4n) is 4.06. The summed E-state index contributed by atoms with van der Waals surface area (Å²) in [6.45, 7) is 8.94. The summed E-state index contributed by atoms with van der Waals surface area (Å²) < 4.78 is 12.9. The molecule has 1 aliphatic rings. The highest BCUT2D eigenvalue weighted by Gasteiger charge is 2.32. The normalized spacial score (nSPS) is 15.7. The van der Waals surface area contributed by atoms with Gasteiger partial charge in [0.05, 0.1) is 18.2 Å². The van der Waals surface area contributed by atoms with E-state index >= 15 is 0 Å². The van der Waals surface area contributed by atoms with Gasteiger partial charge in [0, 0.05) is 50.7 Å². The second kappa shape index (κ2) is 10.00. The molecule has 2 amide bonds. The van der Waals surface area contributed by atoms with Crippen LogP contribution in [-0.4, -0.2) is 75.0 Å². The third-order valence-corrected chi connectivity index (χ3v) is 5.82. The predicted octanol–water partition coefficient (Wildman–Crippen LogP) is 3.46. The fourth-order valence-corrected chi connectivity index (χ4v) is 4.06. The van der Waals surface area contributed by atoms with Crippen LogP contribution >= 0.6 is 0 Å². The van der Waals surface area contributed by atoms with E-state index in [1.54, 1.807) is 22.7 Å². The van der Waals surface area contributed by atoms with E-state index in [9.17, 15) is 9.59 Å². The molecule has 3 heterocycles. The zero-order valence-electron chi connectivity index (χ0n) is 21.6. The number of likely N-dealkylation sites (N-methyl/N-ethyl adjacent to an activating group) is 1. The van der Waals surface area contributed by atoms with Gasteiger partial charge in [-0.2, -0.15) is 10.1 Å². The van der Waals surface area contributed by atoms with Crippen LogP contribution in [0.4, 0.5) is 16.4 Å². The Morgan fingerprint density at radius 3 is 2.78 bits per heavy atom. The lowest BCUT2D eigenvalue weighted by Crippen LogP contribution is -2.42. The number of fused-ring (bicyclic) bond motifs is 1. The number of hydrogen-bond donors (Lipinski definition) is 1. The van der Waals surface area contributed by atoms with E-state index < -0.39 is 5.60 Å². The number of nitrogens with one attached hydrogen (secondary N) is 1. The maximum Gasteiger partial charge on any atom is 0.410 e. The molecule has 0 bridgehead atoms. The van der Waals surface area contributed by atoms with Gasteiger partial charge in [-0.3, -0.25) is 9.48 Å². The van der Waals surface area contributed by atoms with Gasteiger partial charge in [0.2, 0.25) is 11.8 Å². The Balaban J connectivity index is 1.47. The van der Waals surface area contributed by atoms with Crippen LogP contribution in [-0.2, 0) is 11.8 Å². The number of aryl methyl sites for hydroxylation is 1. The molecule has 1 aliphatic heterocycles. The predicted molar refractivity (Wildman–Crippen MR) is 136 cm³/mol. The standard InChI is InChI=1S/C25H33N7O4/c1-7-35-22-19(21(33)27-17-8-9-20-16(12-17)14-30(5)29-20)13-26-23(28-22)32-11-10-18(15-32)31(6)24(34)36-25(2,3)4/h8-9,12-14,18H,7,10-11,15H2,1-6H3,(H,27,33)/t18-/m1/s1. The molecule has 1 saturated heterocycles. The fraction of sp³-hybridized carbons (Fsp3) is 0.480. The van der Waals surface area contributed by atoms with Crippen LogP contribution in [0.5, 0.6) is 5.88 Å². The smallest absolute Gasteiger partial charge is 0.410 e. The summed E-state index contributed by atoms with van der Waals surface area (Å²) in [5.74, 6) is 0.301. The third-order valence-electron chi connectivity index (χ3n) is 5.82. The minimum atomic E-state index is -0.556. The second-order valence-electron chi connectivity index (χ2n) is 9.83. The van der Waals surface area contributed by atoms with Crippen molar-refractivity contribution in [2.45, 2.75) is 45.8 Å². The number of carbonyl (C=O) groups is 2. The first-order valence-electron chi connectivity index (χ1n) is 12.0. The molecule has 1 fully saturated rings. The number of aromatic nitrogens is 4. The average Bonchev–Trinajstić information content (AvgIpc) is 3.43. The number of nitrogens with zero attached hydrogens (tertiary/aromatic N) is 6. The SMILES string of the molecule is CCOc1nc(N2CC[C@@H](N(C)C(=O)OC(C)(C)C)C2)ncc1C(=O)Nc1ccc2nn(C)cc2c1. The van der Waals surface area contributed by atoms with Gasteiger partial charge in [-0.1, -0.05) is 0 Å². The maximum absolute atomic E-state index is 13.1. The molecule has 4 rings (SSSR count). The molecular formula is C25H33N7O4. The van der Waals surface area contributed by atoms with Gasteiger partial charge in [0.25, 0.3) is 5.91 Å². The van der Waals surface area contributed by atoms with Gasteiger partial charge in [-0.15, -0.1) is 0 Å². The topological polar surface area (TPSA) is 115 Å². The van der Waals surface area contributed by atoms with Crippen molar-refractivity contribution in [2.24, 2.45) is 7.05 Å². The number of rotatable bonds is 6. The molecule has 0 spiro atoms. The van der Waals surface area contributed by atoms with Crippen molar-refractivity contribution in [2.75, 3.05) is 37.0 Å². The molecule has 1 N–H and O–H groups in total. The third kappa shape index (κ3) is 5.67. The molecule has 11 heteroatoms. The Kier molecular flexibility index (Phi) is 7.00. The van der Waals surface area contributed by atoms with Crippen LogP contribution in [0.2, 0.25) is 0 Å². The number of hydrogen-bond acceptors (Lipinski definition) is 8. The van der Waals surface area contributed by atoms with Crippen LogP contribution < -0.4 is 15.0 Å². The lowest BCUT2D eigenvalue weighted by molar-refractivity contribution is 0.0237. The molecular weight excluding hydrogens is 462 g/mol. The van der Waals surface area contributed by atoms with Gasteiger partial charge in [0.15, 0.2) is 0 Å². The zero-order chi connectivity index (χ0) is 26.0. The summed E-state index contributed by atoms with van der Waals surface area (Å²) in [5, 5.41) is 8.17. The van der Waals surface area contributed by atoms with Crippen molar-refractivity contribution in [3.8, 4) is 5.88 Å². The Bertz CT molecular complexity index is 1270. The largest absolute Gasteiger partial charge is 0.477 e. The van der Waals surface area contributed by atoms with Crippen LogP contribution in [0.15, 0.2) is 30.6 Å². The molecule has 36 heavy (non-hydrogen) atoms. The van der Waals surface area contributed by atoms with Gasteiger partial charge < -0.3 is 24.6 Å². The van der Waals surface area contributed by atoms with Gasteiger partial charge in [-0.25, -0.2) is 9.78 Å². The van der Waals surface area contributed by atoms with Crippen molar-refractivity contribution in [1.82, 2.24) is 24.6 Å². The molecule has 11 nitrogen and oxygen atoms in total. The Hall–Kier alpha value is -3.89. The van der Waals surface area contributed by atoms with Crippen molar-refractivity contribution >= 4 is 34.5 Å². The number of anilines is 2. The number of amides is 2. The lowest BCUT2D eigenvalue weighted by atomic mass is 10.2. The van der Waals surface area contributed by atoms with E-state index in [1.165, 1.54) is 6.20 Å². The second-order valence-corrected chi connectivity index (χ2v) is 9.83. The van der Waals surface area contributed by atoms with E-state index in [-0.39, 0.29) is 29.5 Å². The van der Waals surface area contributed by atoms with Crippen LogP contribution in [0.25, 0.3) is 10.9 Å². The first-order chi connectivity index (χ1) is 17.0. The van der Waals surface area contributed by atoms with Gasteiger partial charge in [0.1, 0.15) is 11.2 Å². The summed E-state index contributed by atoms with van der Waals surface area (Å²) in [4.78, 5) is 38.1. The zero-order valence-corrected chi connectivity index (χ0v) is 21.6. The molecule has 3 aromatic rings. The van der Waals surface area contributed by atoms with E-state index in [2.05, 4.69) is 20.4 Å². The van der Waals surface area contributed by atoms with Crippen LogP contribution in [0.1, 0.15) is 44.5 Å². The minimum absolute atomic E-state index is 0.0376. The Morgan fingerprint density at radius 1 is 1.28 bits per heavy atom. The van der Waals surface area contributed by atoms with Crippen molar-refractivity contribution in [3.63, 3.8) is 0 Å². The highest BCUT2D eigenvalue weighted by molar-refractivity contribution is 6.06. The highest BCUT2D eigenvalue weighted by Crippen LogP contribution is 2.25. The molecule has 2 aromatic heterocycles. The van der Waals surface area contributed by atoms with Crippen molar-refractivity contribution in [3.05, 3.63) is 36.2 Å².